The zero-order chi connectivity index (χ0) is 16.1. The minimum Gasteiger partial charge on any atom is -0.491 e. The fraction of sp³-hybridized carbons (Fsp3) is 0.167. The number of benzene rings is 2. The van der Waals surface area contributed by atoms with E-state index in [-0.39, 0.29) is 0 Å². The molecular weight excluding hydrogens is 317 g/mol. The summed E-state index contributed by atoms with van der Waals surface area (Å²) in [5.41, 5.74) is 3.31. The highest BCUT2D eigenvalue weighted by molar-refractivity contribution is 6.37. The molecule has 0 bridgehead atoms. The van der Waals surface area contributed by atoms with Crippen LogP contribution in [0, 0.1) is 18.3 Å². The first-order valence-corrected chi connectivity index (χ1v) is 7.61. The fourth-order valence-corrected chi connectivity index (χ4v) is 2.64. The van der Waals surface area contributed by atoms with Crippen LogP contribution < -0.4 is 4.74 Å². The molecule has 2 aromatic carbocycles. The Morgan fingerprint density at radius 2 is 1.77 bits per heavy atom. The van der Waals surface area contributed by atoms with E-state index in [1.54, 1.807) is 18.2 Å². The van der Waals surface area contributed by atoms with E-state index < -0.39 is 0 Å². The van der Waals surface area contributed by atoms with Crippen molar-refractivity contribution in [3.8, 4) is 11.8 Å². The molecule has 4 heteroatoms. The fourth-order valence-electron chi connectivity index (χ4n) is 2.02. The van der Waals surface area contributed by atoms with Gasteiger partial charge in [-0.05, 0) is 43.2 Å². The van der Waals surface area contributed by atoms with Gasteiger partial charge in [0.15, 0.2) is 5.75 Å². The summed E-state index contributed by atoms with van der Waals surface area (Å²) in [5, 5.41) is 10.2. The van der Waals surface area contributed by atoms with Crippen molar-refractivity contribution >= 4 is 34.9 Å². The first kappa shape index (κ1) is 16.4. The molecule has 0 N–H and O–H groups in total. The van der Waals surface area contributed by atoms with E-state index in [4.69, 9.17) is 27.9 Å². The van der Waals surface area contributed by atoms with Gasteiger partial charge < -0.3 is 4.74 Å². The molecule has 0 aliphatic heterocycles. The molecule has 0 radical (unpaired) electrons. The van der Waals surface area contributed by atoms with Crippen LogP contribution in [0.1, 0.15) is 23.6 Å². The van der Waals surface area contributed by atoms with Crippen molar-refractivity contribution in [1.29, 1.82) is 5.26 Å². The lowest BCUT2D eigenvalue weighted by Gasteiger charge is -2.09. The summed E-state index contributed by atoms with van der Waals surface area (Å²) >= 11 is 12.4. The molecule has 22 heavy (non-hydrogen) atoms. The quantitative estimate of drug-likeness (QED) is 0.526. The summed E-state index contributed by atoms with van der Waals surface area (Å²) in [6.07, 6.45) is 1.76. The van der Waals surface area contributed by atoms with Crippen LogP contribution in [0.3, 0.4) is 0 Å². The van der Waals surface area contributed by atoms with Gasteiger partial charge >= 0.3 is 0 Å². The van der Waals surface area contributed by atoms with Crippen LogP contribution in [0.2, 0.25) is 10.0 Å². The van der Waals surface area contributed by atoms with Crippen LogP contribution in [0.4, 0.5) is 0 Å². The molecule has 0 atom stereocenters. The average Bonchev–Trinajstić information content (AvgIpc) is 2.49. The van der Waals surface area contributed by atoms with Gasteiger partial charge in [-0.25, -0.2) is 0 Å². The molecule has 2 rings (SSSR count). The number of hydrogen-bond acceptors (Lipinski definition) is 2. The Morgan fingerprint density at radius 3 is 2.27 bits per heavy atom. The third kappa shape index (κ3) is 3.82. The molecular formula is C18H15Cl2NO. The number of nitrogens with zero attached hydrogens (tertiary/aromatic N) is 1. The van der Waals surface area contributed by atoms with Gasteiger partial charge in [-0.3, -0.25) is 0 Å². The van der Waals surface area contributed by atoms with Gasteiger partial charge in [-0.2, -0.15) is 5.26 Å². The lowest BCUT2D eigenvalue weighted by Crippen LogP contribution is -1.93. The monoisotopic (exact) mass is 331 g/mol. The van der Waals surface area contributed by atoms with E-state index in [9.17, 15) is 5.26 Å². The Bertz CT molecular complexity index is 720. The number of aryl methyl sites for hydroxylation is 1. The second-order valence-corrected chi connectivity index (χ2v) is 5.60. The number of nitriles is 1. The predicted octanol–water partition coefficient (Wildman–Crippen LogP) is 5.76. The van der Waals surface area contributed by atoms with Crippen LogP contribution in [0.15, 0.2) is 36.4 Å². The van der Waals surface area contributed by atoms with Crippen molar-refractivity contribution < 1.29 is 4.74 Å². The minimum atomic E-state index is 0.432. The molecule has 0 fully saturated rings. The van der Waals surface area contributed by atoms with E-state index >= 15 is 0 Å². The molecule has 112 valence electrons. The molecule has 0 unspecified atom stereocenters. The first-order valence-electron chi connectivity index (χ1n) is 6.85. The Morgan fingerprint density at radius 1 is 1.18 bits per heavy atom. The Labute approximate surface area is 140 Å². The molecule has 0 aliphatic rings. The zero-order valence-corrected chi connectivity index (χ0v) is 13.9. The number of hydrogen-bond donors (Lipinski definition) is 0. The van der Waals surface area contributed by atoms with Crippen LogP contribution in [-0.2, 0) is 0 Å². The van der Waals surface area contributed by atoms with Gasteiger partial charge in [0, 0.05) is 0 Å². The summed E-state index contributed by atoms with van der Waals surface area (Å²) in [7, 11) is 0. The third-order valence-corrected chi connectivity index (χ3v) is 3.66. The smallest absolute Gasteiger partial charge is 0.156 e. The maximum atomic E-state index is 9.38. The standard InChI is InChI=1S/C18H15Cl2NO/c1-3-22-18-16(19)9-13(10-17(18)20)8-15(11-21)14-6-4-12(2)5-7-14/h4-10H,3H2,1-2H3/b15-8-. The highest BCUT2D eigenvalue weighted by Crippen LogP contribution is 2.35. The maximum absolute atomic E-state index is 9.38. The van der Waals surface area contributed by atoms with Crippen molar-refractivity contribution in [2.24, 2.45) is 0 Å². The lowest BCUT2D eigenvalue weighted by molar-refractivity contribution is 0.340. The Kier molecular flexibility index (Phi) is 5.49. The van der Waals surface area contributed by atoms with Gasteiger partial charge in [0.1, 0.15) is 0 Å². The summed E-state index contributed by atoms with van der Waals surface area (Å²) in [6, 6.07) is 13.5. The maximum Gasteiger partial charge on any atom is 0.156 e. The largest absolute Gasteiger partial charge is 0.491 e. The number of halogens is 2. The molecule has 0 aromatic heterocycles. The Hall–Kier alpha value is -1.95. The highest BCUT2D eigenvalue weighted by atomic mass is 35.5. The third-order valence-electron chi connectivity index (χ3n) is 3.10. The summed E-state index contributed by atoms with van der Waals surface area (Å²) in [5.74, 6) is 0.469. The molecule has 0 aliphatic carbocycles. The molecule has 0 saturated heterocycles. The topological polar surface area (TPSA) is 33.0 Å². The normalized spacial score (nSPS) is 11.1. The van der Waals surface area contributed by atoms with Crippen molar-refractivity contribution in [3.05, 3.63) is 63.1 Å². The number of rotatable bonds is 4. The zero-order valence-electron chi connectivity index (χ0n) is 12.4. The summed E-state index contributed by atoms with van der Waals surface area (Å²) < 4.78 is 5.40. The predicted molar refractivity (Wildman–Crippen MR) is 92.3 cm³/mol. The van der Waals surface area contributed by atoms with Gasteiger partial charge in [0.2, 0.25) is 0 Å². The first-order chi connectivity index (χ1) is 10.5. The van der Waals surface area contributed by atoms with E-state index in [1.165, 1.54) is 0 Å². The van der Waals surface area contributed by atoms with Crippen LogP contribution in [-0.4, -0.2) is 6.61 Å². The van der Waals surface area contributed by atoms with Crippen molar-refractivity contribution in [2.75, 3.05) is 6.61 Å². The Balaban J connectivity index is 2.42. The second-order valence-electron chi connectivity index (χ2n) is 4.78. The summed E-state index contributed by atoms with van der Waals surface area (Å²) in [4.78, 5) is 0. The van der Waals surface area contributed by atoms with Crippen LogP contribution in [0.5, 0.6) is 5.75 Å². The molecule has 0 amide bonds. The minimum absolute atomic E-state index is 0.432. The van der Waals surface area contributed by atoms with E-state index in [0.29, 0.717) is 28.0 Å². The van der Waals surface area contributed by atoms with Crippen LogP contribution in [0.25, 0.3) is 11.6 Å². The molecule has 2 aromatic rings. The van der Waals surface area contributed by atoms with Gasteiger partial charge in [0.25, 0.3) is 0 Å². The number of ether oxygens (including phenoxy) is 1. The van der Waals surface area contributed by atoms with E-state index in [0.717, 1.165) is 16.7 Å². The van der Waals surface area contributed by atoms with Crippen molar-refractivity contribution in [3.63, 3.8) is 0 Å². The highest BCUT2D eigenvalue weighted by Gasteiger charge is 2.09. The SMILES string of the molecule is CCOc1c(Cl)cc(/C=C(/C#N)c2ccc(C)cc2)cc1Cl. The summed E-state index contributed by atoms with van der Waals surface area (Å²) in [6.45, 7) is 4.36. The molecule has 0 spiro atoms. The average molecular weight is 332 g/mol. The van der Waals surface area contributed by atoms with Crippen LogP contribution >= 0.6 is 23.2 Å². The molecule has 0 heterocycles. The van der Waals surface area contributed by atoms with Gasteiger partial charge in [0.05, 0.1) is 28.3 Å². The number of allylic oxidation sites excluding steroid dienone is 1. The van der Waals surface area contributed by atoms with E-state index in [1.807, 2.05) is 38.1 Å². The van der Waals surface area contributed by atoms with E-state index in [2.05, 4.69) is 6.07 Å². The lowest BCUT2D eigenvalue weighted by atomic mass is 10.0. The molecule has 2 nitrogen and oxygen atoms in total. The molecule has 0 saturated carbocycles. The van der Waals surface area contributed by atoms with Gasteiger partial charge in [-0.1, -0.05) is 53.0 Å². The van der Waals surface area contributed by atoms with Gasteiger partial charge in [-0.15, -0.1) is 0 Å². The van der Waals surface area contributed by atoms with Crippen molar-refractivity contribution in [2.45, 2.75) is 13.8 Å². The second kappa shape index (κ2) is 7.35. The van der Waals surface area contributed by atoms with Crippen molar-refractivity contribution in [1.82, 2.24) is 0 Å².